The number of nitrogens with one attached hydrogen (secondary N) is 1. The lowest BCUT2D eigenvalue weighted by Crippen LogP contribution is -2.32. The van der Waals surface area contributed by atoms with Gasteiger partial charge in [0.2, 0.25) is 15.9 Å². The molecule has 0 spiro atoms. The maximum atomic E-state index is 11.6. The Morgan fingerprint density at radius 3 is 2.81 bits per heavy atom. The molecule has 1 aromatic rings. The summed E-state index contributed by atoms with van der Waals surface area (Å²) >= 11 is 0. The van der Waals surface area contributed by atoms with Gasteiger partial charge in [-0.25, -0.2) is 18.1 Å². The van der Waals surface area contributed by atoms with Crippen LogP contribution in [0.2, 0.25) is 0 Å². The lowest BCUT2D eigenvalue weighted by Gasteiger charge is -2.07. The quantitative estimate of drug-likeness (QED) is 0.821. The number of hydrogen-bond acceptors (Lipinski definition) is 5. The van der Waals surface area contributed by atoms with Crippen LogP contribution in [0, 0.1) is 18.3 Å². The smallest absolute Gasteiger partial charge is 0.228 e. The molecule has 1 heterocycles. The van der Waals surface area contributed by atoms with Crippen LogP contribution in [0.15, 0.2) is 10.6 Å². The summed E-state index contributed by atoms with van der Waals surface area (Å²) in [5.41, 5.74) is 0. The Bertz CT molecular complexity index is 486. The third kappa shape index (κ3) is 3.05. The van der Waals surface area contributed by atoms with Crippen LogP contribution in [0.25, 0.3) is 0 Å². The topological polar surface area (TPSA) is 96.0 Å². The fourth-order valence-electron chi connectivity index (χ4n) is 1.13. The zero-order valence-electron chi connectivity index (χ0n) is 9.10. The molecule has 1 unspecified atom stereocenters. The molecular formula is C9H13N3O3S. The summed E-state index contributed by atoms with van der Waals surface area (Å²) in [4.78, 5) is 3.85. The van der Waals surface area contributed by atoms with Gasteiger partial charge < -0.3 is 4.42 Å². The SMILES string of the molecule is CCC(C#N)S(=O)(=O)NCc1ncc(C)o1. The van der Waals surface area contributed by atoms with Gasteiger partial charge in [-0.1, -0.05) is 6.92 Å². The van der Waals surface area contributed by atoms with Crippen LogP contribution in [0.3, 0.4) is 0 Å². The molecule has 0 aromatic carbocycles. The van der Waals surface area contributed by atoms with Crippen molar-refractivity contribution >= 4 is 10.0 Å². The number of hydrogen-bond donors (Lipinski definition) is 1. The van der Waals surface area contributed by atoms with Crippen molar-refractivity contribution in [2.75, 3.05) is 0 Å². The first-order chi connectivity index (χ1) is 7.49. The highest BCUT2D eigenvalue weighted by molar-refractivity contribution is 7.90. The van der Waals surface area contributed by atoms with E-state index in [9.17, 15) is 8.42 Å². The Morgan fingerprint density at radius 1 is 1.69 bits per heavy atom. The van der Waals surface area contributed by atoms with Crippen LogP contribution in [0.1, 0.15) is 25.0 Å². The standard InChI is InChI=1S/C9H13N3O3S/c1-3-8(4-10)16(13,14)12-6-9-11-5-7(2)15-9/h5,8,12H,3,6H2,1-2H3. The van der Waals surface area contributed by atoms with Crippen molar-refractivity contribution in [1.29, 1.82) is 5.26 Å². The average molecular weight is 243 g/mol. The van der Waals surface area contributed by atoms with E-state index in [4.69, 9.17) is 9.68 Å². The minimum atomic E-state index is -3.62. The molecule has 7 heteroatoms. The van der Waals surface area contributed by atoms with E-state index in [1.54, 1.807) is 19.9 Å². The number of aromatic nitrogens is 1. The van der Waals surface area contributed by atoms with E-state index in [-0.39, 0.29) is 18.9 Å². The van der Waals surface area contributed by atoms with Gasteiger partial charge in [-0.05, 0) is 13.3 Å². The van der Waals surface area contributed by atoms with Crippen LogP contribution in [0.5, 0.6) is 0 Å². The first kappa shape index (κ1) is 12.7. The second-order valence-electron chi connectivity index (χ2n) is 3.26. The maximum Gasteiger partial charge on any atom is 0.228 e. The summed E-state index contributed by atoms with van der Waals surface area (Å²) in [6.07, 6.45) is 1.75. The van der Waals surface area contributed by atoms with Crippen molar-refractivity contribution in [2.24, 2.45) is 0 Å². The van der Waals surface area contributed by atoms with Crippen molar-refractivity contribution in [3.63, 3.8) is 0 Å². The summed E-state index contributed by atoms with van der Waals surface area (Å²) in [6, 6.07) is 1.73. The highest BCUT2D eigenvalue weighted by Gasteiger charge is 2.23. The summed E-state index contributed by atoms with van der Waals surface area (Å²) in [7, 11) is -3.62. The second-order valence-corrected chi connectivity index (χ2v) is 5.20. The Balaban J connectivity index is 2.65. The number of aryl methyl sites for hydroxylation is 1. The van der Waals surface area contributed by atoms with Crippen molar-refractivity contribution in [2.45, 2.75) is 32.1 Å². The number of nitrogens with zero attached hydrogens (tertiary/aromatic N) is 2. The fraction of sp³-hybridized carbons (Fsp3) is 0.556. The molecule has 0 radical (unpaired) electrons. The van der Waals surface area contributed by atoms with Gasteiger partial charge in [0, 0.05) is 0 Å². The first-order valence-electron chi connectivity index (χ1n) is 4.79. The Hall–Kier alpha value is -1.39. The predicted octanol–water partition coefficient (Wildman–Crippen LogP) is 0.705. The van der Waals surface area contributed by atoms with Gasteiger partial charge in [-0.15, -0.1) is 0 Å². The van der Waals surface area contributed by atoms with E-state index in [2.05, 4.69) is 9.71 Å². The minimum Gasteiger partial charge on any atom is -0.445 e. The van der Waals surface area contributed by atoms with Gasteiger partial charge in [0.15, 0.2) is 5.25 Å². The molecule has 0 aliphatic carbocycles. The molecule has 0 amide bonds. The molecule has 1 atom stereocenters. The fourth-order valence-corrected chi connectivity index (χ4v) is 2.23. The molecule has 0 saturated heterocycles. The van der Waals surface area contributed by atoms with Crippen LogP contribution >= 0.6 is 0 Å². The monoisotopic (exact) mass is 243 g/mol. The molecule has 88 valence electrons. The molecule has 0 bridgehead atoms. The molecule has 16 heavy (non-hydrogen) atoms. The molecule has 0 fully saturated rings. The molecule has 1 aromatic heterocycles. The van der Waals surface area contributed by atoms with E-state index in [1.807, 2.05) is 0 Å². The zero-order valence-corrected chi connectivity index (χ0v) is 9.91. The first-order valence-corrected chi connectivity index (χ1v) is 6.33. The highest BCUT2D eigenvalue weighted by Crippen LogP contribution is 2.05. The lowest BCUT2D eigenvalue weighted by atomic mass is 10.4. The number of oxazole rings is 1. The maximum absolute atomic E-state index is 11.6. The minimum absolute atomic E-state index is 0.0334. The van der Waals surface area contributed by atoms with Gasteiger partial charge in [0.05, 0.1) is 18.8 Å². The molecular weight excluding hydrogens is 230 g/mol. The molecule has 6 nitrogen and oxygen atoms in total. The molecule has 1 rings (SSSR count). The van der Waals surface area contributed by atoms with Crippen LogP contribution < -0.4 is 4.72 Å². The van der Waals surface area contributed by atoms with Gasteiger partial charge in [0.1, 0.15) is 5.76 Å². The van der Waals surface area contributed by atoms with E-state index >= 15 is 0 Å². The molecule has 0 saturated carbocycles. The van der Waals surface area contributed by atoms with Crippen LogP contribution in [-0.4, -0.2) is 18.7 Å². The normalized spacial score (nSPS) is 13.3. The van der Waals surface area contributed by atoms with Gasteiger partial charge in [0.25, 0.3) is 0 Å². The van der Waals surface area contributed by atoms with Crippen molar-refractivity contribution < 1.29 is 12.8 Å². The summed E-state index contributed by atoms with van der Waals surface area (Å²) < 4.78 is 30.5. The van der Waals surface area contributed by atoms with Crippen LogP contribution in [0.4, 0.5) is 0 Å². The second kappa shape index (κ2) is 5.09. The Kier molecular flexibility index (Phi) is 4.04. The third-order valence-electron chi connectivity index (χ3n) is 1.98. The van der Waals surface area contributed by atoms with E-state index in [0.29, 0.717) is 5.76 Å². The van der Waals surface area contributed by atoms with Gasteiger partial charge in [-0.2, -0.15) is 5.26 Å². The third-order valence-corrected chi connectivity index (χ3v) is 3.72. The van der Waals surface area contributed by atoms with Crippen molar-refractivity contribution in [1.82, 2.24) is 9.71 Å². The summed E-state index contributed by atoms with van der Waals surface area (Å²) in [6.45, 7) is 3.33. The summed E-state index contributed by atoms with van der Waals surface area (Å²) in [5, 5.41) is 7.62. The molecule has 0 aliphatic heterocycles. The number of sulfonamides is 1. The van der Waals surface area contributed by atoms with E-state index in [1.165, 1.54) is 6.20 Å². The lowest BCUT2D eigenvalue weighted by molar-refractivity contribution is 0.463. The predicted molar refractivity (Wildman–Crippen MR) is 56.7 cm³/mol. The molecule has 0 aliphatic rings. The zero-order chi connectivity index (χ0) is 12.2. The Morgan fingerprint density at radius 2 is 2.38 bits per heavy atom. The van der Waals surface area contributed by atoms with E-state index < -0.39 is 15.3 Å². The average Bonchev–Trinajstić information content (AvgIpc) is 2.63. The Labute approximate surface area is 94.3 Å². The van der Waals surface area contributed by atoms with Gasteiger partial charge in [-0.3, -0.25) is 0 Å². The molecule has 1 N–H and O–H groups in total. The summed E-state index contributed by atoms with van der Waals surface area (Å²) in [5.74, 6) is 0.899. The highest BCUT2D eigenvalue weighted by atomic mass is 32.2. The van der Waals surface area contributed by atoms with Gasteiger partial charge >= 0.3 is 0 Å². The van der Waals surface area contributed by atoms with Crippen molar-refractivity contribution in [3.8, 4) is 6.07 Å². The number of rotatable bonds is 5. The number of nitriles is 1. The van der Waals surface area contributed by atoms with E-state index in [0.717, 1.165) is 0 Å². The largest absolute Gasteiger partial charge is 0.445 e. The van der Waals surface area contributed by atoms with Crippen molar-refractivity contribution in [3.05, 3.63) is 17.8 Å². The van der Waals surface area contributed by atoms with Crippen LogP contribution in [-0.2, 0) is 16.6 Å².